The van der Waals surface area contributed by atoms with Crippen LogP contribution in [0.4, 0.5) is 5.69 Å². The van der Waals surface area contributed by atoms with Crippen LogP contribution in [-0.4, -0.2) is 39.6 Å². The molecule has 1 aliphatic heterocycles. The lowest BCUT2D eigenvalue weighted by atomic mass is 10.1. The van der Waals surface area contributed by atoms with E-state index in [0.717, 1.165) is 5.56 Å². The van der Waals surface area contributed by atoms with Gasteiger partial charge in [-0.25, -0.2) is 13.6 Å². The average molecular weight is 325 g/mol. The van der Waals surface area contributed by atoms with Gasteiger partial charge in [0, 0.05) is 31.6 Å². The van der Waals surface area contributed by atoms with E-state index in [1.54, 1.807) is 36.2 Å². The third kappa shape index (κ3) is 4.28. The summed E-state index contributed by atoms with van der Waals surface area (Å²) in [7, 11) is -2.03. The molecule has 0 bridgehead atoms. The maximum atomic E-state index is 12.1. The van der Waals surface area contributed by atoms with Crippen molar-refractivity contribution >= 4 is 27.5 Å². The van der Waals surface area contributed by atoms with Gasteiger partial charge in [0.05, 0.1) is 12.2 Å². The molecule has 1 saturated heterocycles. The highest BCUT2D eigenvalue weighted by Gasteiger charge is 2.32. The number of carbonyl (C=O) groups excluding carboxylic acids is 2. The maximum Gasteiger partial charge on any atom is 0.227 e. The van der Waals surface area contributed by atoms with Crippen molar-refractivity contribution < 1.29 is 18.0 Å². The van der Waals surface area contributed by atoms with Crippen molar-refractivity contribution in [3.63, 3.8) is 0 Å². The molecule has 1 heterocycles. The van der Waals surface area contributed by atoms with E-state index in [9.17, 15) is 18.0 Å². The normalized spacial score (nSPS) is 18.5. The Morgan fingerprint density at radius 2 is 2.18 bits per heavy atom. The zero-order valence-electron chi connectivity index (χ0n) is 12.3. The highest BCUT2D eigenvalue weighted by molar-refractivity contribution is 7.89. The molecule has 7 nitrogen and oxygen atoms in total. The molecule has 8 heteroatoms. The van der Waals surface area contributed by atoms with E-state index < -0.39 is 10.0 Å². The van der Waals surface area contributed by atoms with Gasteiger partial charge in [-0.2, -0.15) is 0 Å². The second kappa shape index (κ2) is 6.45. The summed E-state index contributed by atoms with van der Waals surface area (Å²) in [5.41, 5.74) is 1.46. The summed E-state index contributed by atoms with van der Waals surface area (Å²) < 4.78 is 22.3. The zero-order chi connectivity index (χ0) is 16.3. The minimum absolute atomic E-state index is 0.114. The Bertz CT molecular complexity index is 687. The number of primary sulfonamides is 1. The van der Waals surface area contributed by atoms with Gasteiger partial charge in [-0.1, -0.05) is 12.1 Å². The zero-order valence-corrected chi connectivity index (χ0v) is 13.1. The molecule has 1 unspecified atom stereocenters. The van der Waals surface area contributed by atoms with Gasteiger partial charge < -0.3 is 10.2 Å². The number of nitrogens with one attached hydrogen (secondary N) is 1. The third-order valence-corrected chi connectivity index (χ3v) is 4.47. The molecule has 2 amide bonds. The average Bonchev–Trinajstić information content (AvgIpc) is 2.77. The summed E-state index contributed by atoms with van der Waals surface area (Å²) in [4.78, 5) is 25.0. The summed E-state index contributed by atoms with van der Waals surface area (Å²) in [6, 6.07) is 7.12. The summed E-state index contributed by atoms with van der Waals surface area (Å²) in [5, 5.41) is 7.58. The number of carbonyl (C=O) groups is 2. The number of rotatable bonds is 5. The van der Waals surface area contributed by atoms with Gasteiger partial charge in [-0.05, 0) is 17.7 Å². The molecule has 22 heavy (non-hydrogen) atoms. The van der Waals surface area contributed by atoms with Crippen LogP contribution in [0.3, 0.4) is 0 Å². The fourth-order valence-corrected chi connectivity index (χ4v) is 3.46. The maximum absolute atomic E-state index is 12.1. The van der Waals surface area contributed by atoms with E-state index in [-0.39, 0.29) is 36.3 Å². The summed E-state index contributed by atoms with van der Waals surface area (Å²) in [5.74, 6) is -0.750. The molecule has 1 aromatic carbocycles. The molecule has 0 radical (unpaired) electrons. The van der Waals surface area contributed by atoms with Gasteiger partial charge >= 0.3 is 0 Å². The third-order valence-electron chi connectivity index (χ3n) is 3.54. The van der Waals surface area contributed by atoms with E-state index in [0.29, 0.717) is 12.2 Å². The predicted molar refractivity (Wildman–Crippen MR) is 82.6 cm³/mol. The Morgan fingerprint density at radius 1 is 1.45 bits per heavy atom. The second-order valence-electron chi connectivity index (χ2n) is 5.42. The fraction of sp³-hybridized carbons (Fsp3) is 0.429. The predicted octanol–water partition coefficient (Wildman–Crippen LogP) is -0.383. The van der Waals surface area contributed by atoms with E-state index in [2.05, 4.69) is 5.32 Å². The highest BCUT2D eigenvalue weighted by Crippen LogP contribution is 2.26. The van der Waals surface area contributed by atoms with E-state index in [1.165, 1.54) is 0 Å². The molecule has 0 aromatic heterocycles. The number of amides is 2. The van der Waals surface area contributed by atoms with Crippen LogP contribution < -0.4 is 15.4 Å². The van der Waals surface area contributed by atoms with E-state index in [1.807, 2.05) is 0 Å². The van der Waals surface area contributed by atoms with Crippen LogP contribution in [-0.2, 0) is 26.0 Å². The summed E-state index contributed by atoms with van der Waals surface area (Å²) >= 11 is 0. The Hall–Kier alpha value is -1.93. The number of hydrogen-bond donors (Lipinski definition) is 2. The Balaban J connectivity index is 2.13. The van der Waals surface area contributed by atoms with E-state index in [4.69, 9.17) is 5.14 Å². The van der Waals surface area contributed by atoms with Crippen LogP contribution in [0.25, 0.3) is 0 Å². The van der Waals surface area contributed by atoms with Gasteiger partial charge in [0.25, 0.3) is 0 Å². The Labute approximate surface area is 129 Å². The molecule has 1 fully saturated rings. The lowest BCUT2D eigenvalue weighted by molar-refractivity contribution is -0.120. The number of anilines is 1. The van der Waals surface area contributed by atoms with Gasteiger partial charge in [0.15, 0.2) is 0 Å². The first-order valence-corrected chi connectivity index (χ1v) is 8.60. The fourth-order valence-electron chi connectivity index (χ4n) is 2.58. The first kappa shape index (κ1) is 16.4. The highest BCUT2D eigenvalue weighted by atomic mass is 32.2. The molecule has 0 spiro atoms. The molecule has 1 aromatic rings. The standard InChI is InChI=1S/C14H19N3O4S/c1-16-13(18)6-10-3-2-4-12(5-10)17-8-11(7-14(17)19)9-22(15,20)21/h2-5,11H,6-9H2,1H3,(H,16,18)(H2,15,20,21). The summed E-state index contributed by atoms with van der Waals surface area (Å²) in [6.07, 6.45) is 0.392. The molecule has 0 aliphatic carbocycles. The molecule has 3 N–H and O–H groups in total. The van der Waals surface area contributed by atoms with Gasteiger partial charge in [0.1, 0.15) is 0 Å². The lowest BCUT2D eigenvalue weighted by Gasteiger charge is -2.17. The lowest BCUT2D eigenvalue weighted by Crippen LogP contribution is -2.27. The molecule has 120 valence electrons. The number of nitrogens with zero attached hydrogens (tertiary/aromatic N) is 1. The van der Waals surface area contributed by atoms with Gasteiger partial charge in [0.2, 0.25) is 21.8 Å². The van der Waals surface area contributed by atoms with Crippen molar-refractivity contribution in [2.24, 2.45) is 11.1 Å². The first-order chi connectivity index (χ1) is 10.3. The Kier molecular flexibility index (Phi) is 4.82. The molecule has 1 atom stereocenters. The van der Waals surface area contributed by atoms with Crippen molar-refractivity contribution in [3.8, 4) is 0 Å². The SMILES string of the molecule is CNC(=O)Cc1cccc(N2CC(CS(N)(=O)=O)CC2=O)c1. The molecule has 2 rings (SSSR count). The smallest absolute Gasteiger partial charge is 0.227 e. The van der Waals surface area contributed by atoms with Crippen LogP contribution in [0.2, 0.25) is 0 Å². The molecular formula is C14H19N3O4S. The second-order valence-corrected chi connectivity index (χ2v) is 7.08. The minimum Gasteiger partial charge on any atom is -0.359 e. The van der Waals surface area contributed by atoms with Crippen LogP contribution >= 0.6 is 0 Å². The quantitative estimate of drug-likeness (QED) is 0.768. The molecule has 0 saturated carbocycles. The van der Waals surface area contributed by atoms with Crippen LogP contribution in [0, 0.1) is 5.92 Å². The largest absolute Gasteiger partial charge is 0.359 e. The van der Waals surface area contributed by atoms with E-state index >= 15 is 0 Å². The molecular weight excluding hydrogens is 306 g/mol. The molecule has 1 aliphatic rings. The number of benzene rings is 1. The first-order valence-electron chi connectivity index (χ1n) is 6.89. The van der Waals surface area contributed by atoms with Crippen LogP contribution in [0.1, 0.15) is 12.0 Å². The summed E-state index contributed by atoms with van der Waals surface area (Å²) in [6.45, 7) is 0.318. The number of likely N-dealkylation sites (N-methyl/N-ethyl adjacent to an activating group) is 1. The minimum atomic E-state index is -3.60. The van der Waals surface area contributed by atoms with Crippen molar-refractivity contribution in [2.45, 2.75) is 12.8 Å². The van der Waals surface area contributed by atoms with Crippen LogP contribution in [0.15, 0.2) is 24.3 Å². The van der Waals surface area contributed by atoms with Crippen molar-refractivity contribution in [3.05, 3.63) is 29.8 Å². The monoisotopic (exact) mass is 325 g/mol. The van der Waals surface area contributed by atoms with Gasteiger partial charge in [-0.3, -0.25) is 9.59 Å². The van der Waals surface area contributed by atoms with Crippen molar-refractivity contribution in [1.29, 1.82) is 0 Å². The van der Waals surface area contributed by atoms with Crippen molar-refractivity contribution in [2.75, 3.05) is 24.2 Å². The van der Waals surface area contributed by atoms with Crippen molar-refractivity contribution in [1.82, 2.24) is 5.32 Å². The number of hydrogen-bond acceptors (Lipinski definition) is 4. The number of nitrogens with two attached hydrogens (primary N) is 1. The topological polar surface area (TPSA) is 110 Å². The van der Waals surface area contributed by atoms with Gasteiger partial charge in [-0.15, -0.1) is 0 Å². The van der Waals surface area contributed by atoms with Crippen LogP contribution in [0.5, 0.6) is 0 Å². The Morgan fingerprint density at radius 3 is 2.82 bits per heavy atom. The number of sulfonamides is 1.